The molecule has 4 nitrogen and oxygen atoms in total. The monoisotopic (exact) mass is 262 g/mol. The average Bonchev–Trinajstić information content (AvgIpc) is 2.08. The molecule has 0 amide bonds. The van der Waals surface area contributed by atoms with Crippen LogP contribution in [0.15, 0.2) is 15.8 Å². The molecule has 6 heteroatoms. The van der Waals surface area contributed by atoms with Crippen molar-refractivity contribution < 1.29 is 9.90 Å². The minimum Gasteiger partial charge on any atom is -0.476 e. The summed E-state index contributed by atoms with van der Waals surface area (Å²) in [5, 5.41) is 9.22. The van der Waals surface area contributed by atoms with Crippen LogP contribution in [0.25, 0.3) is 0 Å². The van der Waals surface area contributed by atoms with Crippen molar-refractivity contribution in [3.8, 4) is 0 Å². The maximum atomic E-state index is 10.6. The molecule has 0 aliphatic heterocycles. The molecule has 0 aliphatic carbocycles. The van der Waals surface area contributed by atoms with Gasteiger partial charge in [0.15, 0.2) is 10.9 Å². The summed E-state index contributed by atoms with van der Waals surface area (Å²) in [4.78, 5) is 18.5. The summed E-state index contributed by atoms with van der Waals surface area (Å²) in [6.45, 7) is 1.95. The summed E-state index contributed by atoms with van der Waals surface area (Å²) in [6, 6.07) is 0. The lowest BCUT2D eigenvalue weighted by Gasteiger charge is -2.00. The fraction of sp³-hybridized carbons (Fsp3) is 0.286. The lowest BCUT2D eigenvalue weighted by Crippen LogP contribution is -2.03. The van der Waals surface area contributed by atoms with Crippen molar-refractivity contribution in [2.24, 2.45) is 0 Å². The SMILES string of the molecule is CCSc1ncc(Br)c(C(=O)O)n1. The zero-order valence-corrected chi connectivity index (χ0v) is 9.22. The van der Waals surface area contributed by atoms with E-state index in [1.54, 1.807) is 0 Å². The Morgan fingerprint density at radius 3 is 3.00 bits per heavy atom. The lowest BCUT2D eigenvalue weighted by atomic mass is 10.4. The number of carboxylic acid groups (broad SMARTS) is 1. The van der Waals surface area contributed by atoms with Crippen LogP contribution >= 0.6 is 27.7 Å². The highest BCUT2D eigenvalue weighted by molar-refractivity contribution is 9.10. The van der Waals surface area contributed by atoms with Crippen LogP contribution in [0.2, 0.25) is 0 Å². The molecule has 1 aromatic rings. The molecule has 0 unspecified atom stereocenters. The van der Waals surface area contributed by atoms with Crippen LogP contribution < -0.4 is 0 Å². The fourth-order valence-corrected chi connectivity index (χ4v) is 1.60. The van der Waals surface area contributed by atoms with Gasteiger partial charge in [-0.1, -0.05) is 18.7 Å². The van der Waals surface area contributed by atoms with Crippen molar-refractivity contribution in [1.82, 2.24) is 9.97 Å². The molecule has 1 heterocycles. The Labute approximate surface area is 87.9 Å². The number of aromatic nitrogens is 2. The molecule has 0 radical (unpaired) electrons. The molecule has 0 aromatic carbocycles. The minimum absolute atomic E-state index is 0.00551. The van der Waals surface area contributed by atoms with Gasteiger partial charge in [0, 0.05) is 6.20 Å². The zero-order valence-electron chi connectivity index (χ0n) is 6.82. The van der Waals surface area contributed by atoms with E-state index >= 15 is 0 Å². The number of rotatable bonds is 3. The first-order valence-corrected chi connectivity index (χ1v) is 5.31. The van der Waals surface area contributed by atoms with Crippen molar-refractivity contribution in [2.45, 2.75) is 12.1 Å². The highest BCUT2D eigenvalue weighted by Crippen LogP contribution is 2.18. The number of carbonyl (C=O) groups is 1. The fourth-order valence-electron chi connectivity index (χ4n) is 0.700. The van der Waals surface area contributed by atoms with Gasteiger partial charge in [-0.2, -0.15) is 0 Å². The Morgan fingerprint density at radius 1 is 1.77 bits per heavy atom. The predicted molar refractivity (Wildman–Crippen MR) is 53.1 cm³/mol. The van der Waals surface area contributed by atoms with Gasteiger partial charge in [0.25, 0.3) is 0 Å². The van der Waals surface area contributed by atoms with Crippen molar-refractivity contribution in [3.63, 3.8) is 0 Å². The predicted octanol–water partition coefficient (Wildman–Crippen LogP) is 2.05. The maximum Gasteiger partial charge on any atom is 0.355 e. The van der Waals surface area contributed by atoms with Gasteiger partial charge in [-0.3, -0.25) is 0 Å². The van der Waals surface area contributed by atoms with E-state index in [4.69, 9.17) is 5.11 Å². The van der Waals surface area contributed by atoms with E-state index in [1.807, 2.05) is 6.92 Å². The molecule has 1 aromatic heterocycles. The topological polar surface area (TPSA) is 63.1 Å². The first kappa shape index (κ1) is 10.5. The normalized spacial score (nSPS) is 10.0. The summed E-state index contributed by atoms with van der Waals surface area (Å²) in [5.41, 5.74) is 0.00551. The molecule has 1 rings (SSSR count). The third-order valence-corrected chi connectivity index (χ3v) is 2.52. The van der Waals surface area contributed by atoms with Crippen LogP contribution in [-0.4, -0.2) is 26.8 Å². The van der Waals surface area contributed by atoms with Gasteiger partial charge in [-0.15, -0.1) is 0 Å². The van der Waals surface area contributed by atoms with Crippen molar-refractivity contribution in [2.75, 3.05) is 5.75 Å². The van der Waals surface area contributed by atoms with E-state index in [1.165, 1.54) is 18.0 Å². The molecule has 0 bridgehead atoms. The van der Waals surface area contributed by atoms with Gasteiger partial charge in [0.1, 0.15) is 0 Å². The van der Waals surface area contributed by atoms with Crippen LogP contribution in [0.1, 0.15) is 17.4 Å². The van der Waals surface area contributed by atoms with Gasteiger partial charge in [0.05, 0.1) is 4.47 Å². The highest BCUT2D eigenvalue weighted by atomic mass is 79.9. The maximum absolute atomic E-state index is 10.6. The third-order valence-electron chi connectivity index (χ3n) is 1.20. The van der Waals surface area contributed by atoms with Gasteiger partial charge in [0.2, 0.25) is 0 Å². The summed E-state index contributed by atoms with van der Waals surface area (Å²) in [7, 11) is 0. The third kappa shape index (κ3) is 2.67. The first-order valence-electron chi connectivity index (χ1n) is 3.53. The van der Waals surface area contributed by atoms with Gasteiger partial charge >= 0.3 is 5.97 Å². The number of nitrogens with zero attached hydrogens (tertiary/aromatic N) is 2. The summed E-state index contributed by atoms with van der Waals surface area (Å²) in [5.74, 6) is -0.229. The average molecular weight is 263 g/mol. The Balaban J connectivity index is 3.04. The minimum atomic E-state index is -1.05. The molecule has 0 saturated heterocycles. The second-order valence-electron chi connectivity index (χ2n) is 2.09. The summed E-state index contributed by atoms with van der Waals surface area (Å²) >= 11 is 4.48. The molecule has 13 heavy (non-hydrogen) atoms. The Hall–Kier alpha value is -0.620. The van der Waals surface area contributed by atoms with Crippen molar-refractivity contribution in [1.29, 1.82) is 0 Å². The molecule has 0 aliphatic rings. The van der Waals surface area contributed by atoms with Crippen LogP contribution in [-0.2, 0) is 0 Å². The Bertz CT molecular complexity index is 332. The number of aromatic carboxylic acids is 1. The largest absolute Gasteiger partial charge is 0.476 e. The molecule has 0 spiro atoms. The van der Waals surface area contributed by atoms with Gasteiger partial charge in [-0.05, 0) is 21.7 Å². The summed E-state index contributed by atoms with van der Waals surface area (Å²) in [6.07, 6.45) is 1.45. The smallest absolute Gasteiger partial charge is 0.355 e. The van der Waals surface area contributed by atoms with Gasteiger partial charge in [-0.25, -0.2) is 14.8 Å². The van der Waals surface area contributed by atoms with Crippen molar-refractivity contribution in [3.05, 3.63) is 16.4 Å². The van der Waals surface area contributed by atoms with Crippen LogP contribution in [0, 0.1) is 0 Å². The number of hydrogen-bond acceptors (Lipinski definition) is 4. The van der Waals surface area contributed by atoms with E-state index in [-0.39, 0.29) is 5.69 Å². The quantitative estimate of drug-likeness (QED) is 0.668. The second kappa shape index (κ2) is 4.57. The van der Waals surface area contributed by atoms with Crippen LogP contribution in [0.3, 0.4) is 0 Å². The van der Waals surface area contributed by atoms with Crippen molar-refractivity contribution >= 4 is 33.7 Å². The Kier molecular flexibility index (Phi) is 3.68. The number of halogens is 1. The summed E-state index contributed by atoms with van der Waals surface area (Å²) < 4.78 is 0.403. The lowest BCUT2D eigenvalue weighted by molar-refractivity contribution is 0.0688. The number of hydrogen-bond donors (Lipinski definition) is 1. The first-order chi connectivity index (χ1) is 6.15. The standard InChI is InChI=1S/C7H7BrN2O2S/c1-2-13-7-9-3-4(8)5(10-7)6(11)12/h3H,2H2,1H3,(H,11,12). The molecule has 1 N–H and O–H groups in total. The van der Waals surface area contributed by atoms with Crippen LogP contribution in [0.4, 0.5) is 0 Å². The van der Waals surface area contributed by atoms with E-state index in [0.29, 0.717) is 9.63 Å². The van der Waals surface area contributed by atoms with E-state index in [9.17, 15) is 4.79 Å². The van der Waals surface area contributed by atoms with E-state index in [2.05, 4.69) is 25.9 Å². The zero-order chi connectivity index (χ0) is 9.84. The van der Waals surface area contributed by atoms with E-state index in [0.717, 1.165) is 5.75 Å². The van der Waals surface area contributed by atoms with Gasteiger partial charge < -0.3 is 5.11 Å². The number of carboxylic acids is 1. The molecule has 0 saturated carbocycles. The second-order valence-corrected chi connectivity index (χ2v) is 4.17. The molecule has 70 valence electrons. The van der Waals surface area contributed by atoms with E-state index < -0.39 is 5.97 Å². The molecule has 0 atom stereocenters. The number of thioether (sulfide) groups is 1. The Morgan fingerprint density at radius 2 is 2.46 bits per heavy atom. The highest BCUT2D eigenvalue weighted by Gasteiger charge is 2.11. The van der Waals surface area contributed by atoms with Crippen LogP contribution in [0.5, 0.6) is 0 Å². The molecular weight excluding hydrogens is 256 g/mol. The molecular formula is C7H7BrN2O2S. The molecule has 0 fully saturated rings.